The van der Waals surface area contributed by atoms with Crippen molar-refractivity contribution in [2.45, 2.75) is 55.9 Å². The van der Waals surface area contributed by atoms with Crippen LogP contribution in [0.2, 0.25) is 0 Å². The quantitative estimate of drug-likeness (QED) is 0.780. The summed E-state index contributed by atoms with van der Waals surface area (Å²) in [6, 6.07) is 10.9. The molecule has 6 nitrogen and oxygen atoms in total. The van der Waals surface area contributed by atoms with Gasteiger partial charge in [-0.05, 0) is 55.5 Å². The maximum Gasteiger partial charge on any atom is 0.259 e. The molecule has 1 aliphatic heterocycles. The molecule has 164 valence electrons. The van der Waals surface area contributed by atoms with E-state index in [0.29, 0.717) is 17.4 Å². The van der Waals surface area contributed by atoms with Crippen molar-refractivity contribution >= 4 is 27.3 Å². The van der Waals surface area contributed by atoms with Crippen molar-refractivity contribution in [1.29, 1.82) is 0 Å². The molecule has 0 radical (unpaired) electrons. The Hall–Kier alpha value is -2.67. The number of anilines is 1. The Kier molecular flexibility index (Phi) is 5.64. The van der Waals surface area contributed by atoms with Crippen LogP contribution in [0.5, 0.6) is 0 Å². The summed E-state index contributed by atoms with van der Waals surface area (Å²) < 4.78 is 26.6. The zero-order valence-electron chi connectivity index (χ0n) is 18.1. The van der Waals surface area contributed by atoms with E-state index in [1.165, 1.54) is 41.7 Å². The van der Waals surface area contributed by atoms with Crippen molar-refractivity contribution in [3.63, 3.8) is 0 Å². The number of nitrogens with zero attached hydrogens (tertiary/aromatic N) is 1. The van der Waals surface area contributed by atoms with Crippen LogP contribution >= 0.6 is 0 Å². The molecule has 4 rings (SSSR count). The highest BCUT2D eigenvalue weighted by atomic mass is 32.2. The fourth-order valence-corrected chi connectivity index (χ4v) is 6.33. The third kappa shape index (κ3) is 3.65. The van der Waals surface area contributed by atoms with Crippen LogP contribution in [0.4, 0.5) is 5.69 Å². The molecule has 1 saturated carbocycles. The van der Waals surface area contributed by atoms with Gasteiger partial charge in [0.1, 0.15) is 0 Å². The topological polar surface area (TPSA) is 83.6 Å². The summed E-state index contributed by atoms with van der Waals surface area (Å²) in [6.07, 6.45) is 3.18. The number of sulfone groups is 1. The van der Waals surface area contributed by atoms with E-state index >= 15 is 0 Å². The lowest BCUT2D eigenvalue weighted by Crippen LogP contribution is -2.43. The maximum absolute atomic E-state index is 13.3. The predicted octanol–water partition coefficient (Wildman–Crippen LogP) is 4.05. The minimum atomic E-state index is -3.89. The highest BCUT2D eigenvalue weighted by Crippen LogP contribution is 2.37. The Balaban J connectivity index is 1.75. The smallest absolute Gasteiger partial charge is 0.259 e. The summed E-state index contributed by atoms with van der Waals surface area (Å²) in [7, 11) is -3.89. The highest BCUT2D eigenvalue weighted by molar-refractivity contribution is 7.91. The summed E-state index contributed by atoms with van der Waals surface area (Å²) in [5.74, 6) is 0.300. The van der Waals surface area contributed by atoms with Crippen molar-refractivity contribution in [3.05, 3.63) is 53.6 Å². The van der Waals surface area contributed by atoms with Gasteiger partial charge in [0, 0.05) is 18.2 Å². The number of hydrogen-bond donors (Lipinski definition) is 1. The van der Waals surface area contributed by atoms with Gasteiger partial charge >= 0.3 is 0 Å². The molecule has 2 aromatic carbocycles. The summed E-state index contributed by atoms with van der Waals surface area (Å²) in [4.78, 5) is 27.7. The Bertz CT molecular complexity index is 1140. The molecule has 31 heavy (non-hydrogen) atoms. The van der Waals surface area contributed by atoms with Gasteiger partial charge in [-0.25, -0.2) is 8.42 Å². The van der Waals surface area contributed by atoms with Gasteiger partial charge in [0.05, 0.1) is 21.0 Å². The average molecular weight is 441 g/mol. The monoisotopic (exact) mass is 440 g/mol. The SMILES string of the molecule is CCN1C(=O)c2ccccc2S(=O)(=O)c2ccc(C(=O)NC3CCCC(C)C3C)cc21. The predicted molar refractivity (Wildman–Crippen MR) is 119 cm³/mol. The maximum atomic E-state index is 13.3. The van der Waals surface area contributed by atoms with Gasteiger partial charge in [0.25, 0.3) is 11.8 Å². The molecule has 2 amide bonds. The lowest BCUT2D eigenvalue weighted by atomic mass is 9.78. The molecule has 1 aliphatic carbocycles. The molecule has 1 N–H and O–H groups in total. The van der Waals surface area contributed by atoms with Gasteiger partial charge in [0.15, 0.2) is 0 Å². The van der Waals surface area contributed by atoms with Crippen molar-refractivity contribution in [3.8, 4) is 0 Å². The first-order chi connectivity index (χ1) is 14.8. The molecule has 0 aromatic heterocycles. The fourth-order valence-electron chi connectivity index (χ4n) is 4.70. The number of carbonyl (C=O) groups excluding carboxylic acids is 2. The van der Waals surface area contributed by atoms with E-state index in [4.69, 9.17) is 0 Å². The molecule has 1 fully saturated rings. The second-order valence-corrected chi connectivity index (χ2v) is 10.5. The van der Waals surface area contributed by atoms with E-state index in [1.54, 1.807) is 19.1 Å². The van der Waals surface area contributed by atoms with E-state index in [1.807, 2.05) is 0 Å². The van der Waals surface area contributed by atoms with Crippen LogP contribution in [0.25, 0.3) is 0 Å². The first-order valence-electron chi connectivity index (χ1n) is 10.9. The van der Waals surface area contributed by atoms with Crippen LogP contribution in [0.1, 0.15) is 60.7 Å². The Labute approximate surface area is 183 Å². The summed E-state index contributed by atoms with van der Waals surface area (Å²) >= 11 is 0. The summed E-state index contributed by atoms with van der Waals surface area (Å²) in [5.41, 5.74) is 0.759. The van der Waals surface area contributed by atoms with Gasteiger partial charge < -0.3 is 10.2 Å². The molecule has 2 aliphatic rings. The van der Waals surface area contributed by atoms with Gasteiger partial charge in [-0.2, -0.15) is 0 Å². The van der Waals surface area contributed by atoms with Crippen LogP contribution in [0.15, 0.2) is 52.3 Å². The zero-order chi connectivity index (χ0) is 22.3. The van der Waals surface area contributed by atoms with Crippen LogP contribution in [-0.4, -0.2) is 32.8 Å². The second kappa shape index (κ2) is 8.11. The third-order valence-corrected chi connectivity index (χ3v) is 8.65. The first kappa shape index (κ1) is 21.6. The molecule has 0 saturated heterocycles. The van der Waals surface area contributed by atoms with Gasteiger partial charge in [-0.1, -0.05) is 38.8 Å². The van der Waals surface area contributed by atoms with Gasteiger partial charge in [-0.3, -0.25) is 9.59 Å². The van der Waals surface area contributed by atoms with Crippen LogP contribution in [0, 0.1) is 11.8 Å². The molecule has 3 unspecified atom stereocenters. The number of hydrogen-bond acceptors (Lipinski definition) is 4. The Morgan fingerprint density at radius 1 is 1.10 bits per heavy atom. The Morgan fingerprint density at radius 3 is 2.58 bits per heavy atom. The lowest BCUT2D eigenvalue weighted by Gasteiger charge is -2.34. The van der Waals surface area contributed by atoms with Crippen molar-refractivity contribution in [2.75, 3.05) is 11.4 Å². The molecule has 3 atom stereocenters. The molecular weight excluding hydrogens is 412 g/mol. The van der Waals surface area contributed by atoms with Crippen LogP contribution in [0.3, 0.4) is 0 Å². The summed E-state index contributed by atoms with van der Waals surface area (Å²) in [6.45, 7) is 6.45. The van der Waals surface area contributed by atoms with Crippen molar-refractivity contribution in [2.24, 2.45) is 11.8 Å². The molecule has 0 bridgehead atoms. The number of amides is 2. The lowest BCUT2D eigenvalue weighted by molar-refractivity contribution is 0.0889. The van der Waals surface area contributed by atoms with Crippen molar-refractivity contribution < 1.29 is 18.0 Å². The third-order valence-electron chi connectivity index (χ3n) is 6.79. The number of rotatable bonds is 3. The summed E-state index contributed by atoms with van der Waals surface area (Å²) in [5, 5.41) is 3.13. The number of benzene rings is 2. The van der Waals surface area contributed by atoms with Crippen LogP contribution < -0.4 is 10.2 Å². The normalized spacial score (nSPS) is 24.7. The molecule has 1 heterocycles. The number of fused-ring (bicyclic) bond motifs is 2. The molecule has 7 heteroatoms. The van der Waals surface area contributed by atoms with E-state index in [0.717, 1.165) is 12.8 Å². The minimum Gasteiger partial charge on any atom is -0.349 e. The van der Waals surface area contributed by atoms with Crippen molar-refractivity contribution in [1.82, 2.24) is 5.32 Å². The minimum absolute atomic E-state index is 0.000537. The largest absolute Gasteiger partial charge is 0.349 e. The number of carbonyl (C=O) groups is 2. The molecule has 0 spiro atoms. The van der Waals surface area contributed by atoms with E-state index in [9.17, 15) is 18.0 Å². The van der Waals surface area contributed by atoms with Gasteiger partial charge in [0.2, 0.25) is 9.84 Å². The van der Waals surface area contributed by atoms with E-state index in [2.05, 4.69) is 19.2 Å². The zero-order valence-corrected chi connectivity index (χ0v) is 18.9. The molecule has 2 aromatic rings. The second-order valence-electron chi connectivity index (χ2n) is 8.58. The van der Waals surface area contributed by atoms with E-state index in [-0.39, 0.29) is 45.4 Å². The average Bonchev–Trinajstić information content (AvgIpc) is 2.83. The highest BCUT2D eigenvalue weighted by Gasteiger charge is 2.35. The number of nitrogens with one attached hydrogen (secondary N) is 1. The van der Waals surface area contributed by atoms with Gasteiger partial charge in [-0.15, -0.1) is 0 Å². The van der Waals surface area contributed by atoms with Crippen LogP contribution in [-0.2, 0) is 9.84 Å². The fraction of sp³-hybridized carbons (Fsp3) is 0.417. The first-order valence-corrected chi connectivity index (χ1v) is 12.3. The standard InChI is InChI=1S/C24H28N2O4S/c1-4-26-20-14-17(23(27)25-19-10-7-8-15(2)16(19)3)12-13-22(20)31(29,30)21-11-6-5-9-18(21)24(26)28/h5-6,9,11-16,19H,4,7-8,10H2,1-3H3,(H,25,27). The van der Waals surface area contributed by atoms with E-state index < -0.39 is 9.84 Å². The Morgan fingerprint density at radius 2 is 1.84 bits per heavy atom. The molecular formula is C24H28N2O4S.